The van der Waals surface area contributed by atoms with Gasteiger partial charge in [0, 0.05) is 12.1 Å². The number of furan rings is 1. The monoisotopic (exact) mass is 390 g/mol. The number of allylic oxidation sites excluding steroid dienone is 1. The predicted octanol–water partition coefficient (Wildman–Crippen LogP) is 4.33. The molecule has 146 valence electrons. The van der Waals surface area contributed by atoms with Crippen molar-refractivity contribution in [3.05, 3.63) is 89.1 Å². The van der Waals surface area contributed by atoms with E-state index in [4.69, 9.17) is 18.6 Å². The maximum absolute atomic E-state index is 12.5. The van der Waals surface area contributed by atoms with Crippen molar-refractivity contribution in [2.24, 2.45) is 0 Å². The molecule has 0 bridgehead atoms. The van der Waals surface area contributed by atoms with Gasteiger partial charge in [-0.25, -0.2) is 4.79 Å². The topological polar surface area (TPSA) is 75.0 Å². The quantitative estimate of drug-likeness (QED) is 0.461. The molecule has 1 aliphatic rings. The van der Waals surface area contributed by atoms with E-state index in [1.807, 2.05) is 43.3 Å². The third-order valence-electron chi connectivity index (χ3n) is 4.28. The van der Waals surface area contributed by atoms with Crippen molar-refractivity contribution >= 4 is 17.8 Å². The highest BCUT2D eigenvalue weighted by atomic mass is 16.6. The van der Waals surface area contributed by atoms with Crippen LogP contribution in [-0.2, 0) is 16.1 Å². The minimum Gasteiger partial charge on any atom is -0.482 e. The van der Waals surface area contributed by atoms with Crippen LogP contribution in [0.25, 0.3) is 6.08 Å². The van der Waals surface area contributed by atoms with Crippen molar-refractivity contribution in [3.8, 4) is 11.5 Å². The molecule has 0 saturated carbocycles. The summed E-state index contributed by atoms with van der Waals surface area (Å²) >= 11 is 0. The van der Waals surface area contributed by atoms with Crippen LogP contribution in [0.5, 0.6) is 11.5 Å². The number of fused-ring (bicyclic) bond motifs is 1. The van der Waals surface area contributed by atoms with Gasteiger partial charge in [0.1, 0.15) is 29.6 Å². The summed E-state index contributed by atoms with van der Waals surface area (Å²) in [5, 5.41) is 0. The lowest BCUT2D eigenvalue weighted by Gasteiger charge is -2.08. The first kappa shape index (κ1) is 18.6. The second kappa shape index (κ2) is 8.06. The Hall–Kier alpha value is -3.80. The van der Waals surface area contributed by atoms with Crippen LogP contribution >= 0.6 is 0 Å². The number of benzene rings is 2. The molecule has 0 amide bonds. The molecule has 6 heteroatoms. The van der Waals surface area contributed by atoms with E-state index in [0.717, 1.165) is 11.3 Å². The number of Topliss-reactive ketones (excluding diaryl/α,β-unsaturated/α-hetero) is 1. The van der Waals surface area contributed by atoms with Crippen molar-refractivity contribution in [1.29, 1.82) is 0 Å². The molecule has 29 heavy (non-hydrogen) atoms. The number of rotatable bonds is 6. The van der Waals surface area contributed by atoms with Crippen molar-refractivity contribution < 1.29 is 28.2 Å². The molecule has 3 aromatic rings. The van der Waals surface area contributed by atoms with Crippen LogP contribution in [0, 0.1) is 6.92 Å². The maximum Gasteiger partial charge on any atom is 0.344 e. The van der Waals surface area contributed by atoms with Crippen LogP contribution in [0.4, 0.5) is 0 Å². The molecule has 0 unspecified atom stereocenters. The van der Waals surface area contributed by atoms with Gasteiger partial charge in [0.2, 0.25) is 5.78 Å². The number of hydrogen-bond donors (Lipinski definition) is 0. The molecule has 4 rings (SSSR count). The number of carbonyl (C=O) groups is 2. The molecule has 0 spiro atoms. The van der Waals surface area contributed by atoms with Crippen LogP contribution in [-0.4, -0.2) is 18.4 Å². The Bertz CT molecular complexity index is 1080. The molecule has 1 aliphatic heterocycles. The number of hydrogen-bond acceptors (Lipinski definition) is 6. The van der Waals surface area contributed by atoms with Crippen molar-refractivity contribution in [1.82, 2.24) is 0 Å². The summed E-state index contributed by atoms with van der Waals surface area (Å²) in [6.45, 7) is 1.77. The van der Waals surface area contributed by atoms with Crippen LogP contribution in [0.1, 0.15) is 27.4 Å². The molecular weight excluding hydrogens is 372 g/mol. The lowest BCUT2D eigenvalue weighted by atomic mass is 10.1. The average Bonchev–Trinajstić information content (AvgIpc) is 3.28. The van der Waals surface area contributed by atoms with Crippen molar-refractivity contribution in [2.45, 2.75) is 13.5 Å². The van der Waals surface area contributed by atoms with Gasteiger partial charge in [0.05, 0.1) is 5.56 Å². The molecule has 0 atom stereocenters. The smallest absolute Gasteiger partial charge is 0.344 e. The van der Waals surface area contributed by atoms with Gasteiger partial charge in [-0.3, -0.25) is 4.79 Å². The van der Waals surface area contributed by atoms with E-state index in [0.29, 0.717) is 22.8 Å². The molecule has 2 aromatic carbocycles. The summed E-state index contributed by atoms with van der Waals surface area (Å²) in [6.07, 6.45) is 1.55. The largest absolute Gasteiger partial charge is 0.482 e. The summed E-state index contributed by atoms with van der Waals surface area (Å²) in [5.74, 6) is 1.52. The van der Waals surface area contributed by atoms with Crippen molar-refractivity contribution in [2.75, 3.05) is 6.61 Å². The maximum atomic E-state index is 12.5. The van der Waals surface area contributed by atoms with E-state index in [-0.39, 0.29) is 24.8 Å². The number of ketones is 1. The van der Waals surface area contributed by atoms with Gasteiger partial charge in [0.25, 0.3) is 0 Å². The standard InChI is InChI=1S/C23H18O6/c1-15-7-8-18(28-15)12-21-23(25)19-10-9-17(11-20(19)29-21)26-14-22(24)27-13-16-5-3-2-4-6-16/h2-12H,13-14H2,1H3/b21-12-. The molecule has 0 saturated heterocycles. The van der Waals surface area contributed by atoms with E-state index in [1.165, 1.54) is 0 Å². The van der Waals surface area contributed by atoms with Gasteiger partial charge in [-0.1, -0.05) is 30.3 Å². The minimum absolute atomic E-state index is 0.175. The second-order valence-corrected chi connectivity index (χ2v) is 6.48. The average molecular weight is 390 g/mol. The zero-order valence-corrected chi connectivity index (χ0v) is 15.7. The lowest BCUT2D eigenvalue weighted by Crippen LogP contribution is -2.14. The Kier molecular flexibility index (Phi) is 5.16. The zero-order chi connectivity index (χ0) is 20.2. The van der Waals surface area contributed by atoms with Gasteiger partial charge in [-0.15, -0.1) is 0 Å². The number of esters is 1. The third kappa shape index (κ3) is 4.38. The van der Waals surface area contributed by atoms with Gasteiger partial charge in [-0.2, -0.15) is 0 Å². The minimum atomic E-state index is -0.486. The number of aryl methyl sites for hydroxylation is 1. The molecule has 2 heterocycles. The van der Waals surface area contributed by atoms with E-state index < -0.39 is 5.97 Å². The zero-order valence-electron chi connectivity index (χ0n) is 15.7. The Labute approximate surface area is 167 Å². The van der Waals surface area contributed by atoms with Crippen molar-refractivity contribution in [3.63, 3.8) is 0 Å². The van der Waals surface area contributed by atoms with Gasteiger partial charge >= 0.3 is 5.97 Å². The second-order valence-electron chi connectivity index (χ2n) is 6.48. The lowest BCUT2D eigenvalue weighted by molar-refractivity contribution is -0.147. The van der Waals surface area contributed by atoms with E-state index in [2.05, 4.69) is 0 Å². The molecule has 1 aromatic heterocycles. The molecule has 0 N–H and O–H groups in total. The SMILES string of the molecule is Cc1ccc(/C=C2\Oc3cc(OCC(=O)OCc4ccccc4)ccc3C2=O)o1. The normalized spacial score (nSPS) is 13.8. The molecule has 0 fully saturated rings. The fourth-order valence-corrected chi connectivity index (χ4v) is 2.84. The first-order valence-electron chi connectivity index (χ1n) is 9.05. The van der Waals surface area contributed by atoms with E-state index in [9.17, 15) is 9.59 Å². The molecular formula is C23H18O6. The van der Waals surface area contributed by atoms with Crippen LogP contribution in [0.2, 0.25) is 0 Å². The summed E-state index contributed by atoms with van der Waals surface area (Å²) < 4.78 is 21.7. The fraction of sp³-hybridized carbons (Fsp3) is 0.130. The first-order chi connectivity index (χ1) is 14.1. The highest BCUT2D eigenvalue weighted by Gasteiger charge is 2.28. The first-order valence-corrected chi connectivity index (χ1v) is 9.05. The van der Waals surface area contributed by atoms with Gasteiger partial charge in [0.15, 0.2) is 12.4 Å². The number of ether oxygens (including phenoxy) is 3. The summed E-state index contributed by atoms with van der Waals surface area (Å²) in [5.41, 5.74) is 1.33. The molecule has 0 aliphatic carbocycles. The highest BCUT2D eigenvalue weighted by Crippen LogP contribution is 2.35. The Morgan fingerprint density at radius 1 is 1.07 bits per heavy atom. The van der Waals surface area contributed by atoms with E-state index >= 15 is 0 Å². The van der Waals surface area contributed by atoms with E-state index in [1.54, 1.807) is 30.3 Å². The Morgan fingerprint density at radius 3 is 2.66 bits per heavy atom. The summed E-state index contributed by atoms with van der Waals surface area (Å²) in [4.78, 5) is 24.3. The van der Waals surface area contributed by atoms with Crippen LogP contribution < -0.4 is 9.47 Å². The summed E-state index contributed by atoms with van der Waals surface area (Å²) in [7, 11) is 0. The van der Waals surface area contributed by atoms with Crippen LogP contribution in [0.15, 0.2) is 70.8 Å². The fourth-order valence-electron chi connectivity index (χ4n) is 2.84. The number of carbonyl (C=O) groups excluding carboxylic acids is 2. The highest BCUT2D eigenvalue weighted by molar-refractivity contribution is 6.14. The van der Waals surface area contributed by atoms with Crippen LogP contribution in [0.3, 0.4) is 0 Å². The Balaban J connectivity index is 1.36. The third-order valence-corrected chi connectivity index (χ3v) is 4.28. The van der Waals surface area contributed by atoms with Gasteiger partial charge < -0.3 is 18.6 Å². The Morgan fingerprint density at radius 2 is 1.90 bits per heavy atom. The summed E-state index contributed by atoms with van der Waals surface area (Å²) in [6, 6.07) is 17.8. The molecule has 6 nitrogen and oxygen atoms in total. The predicted molar refractivity (Wildman–Crippen MR) is 105 cm³/mol. The van der Waals surface area contributed by atoms with Gasteiger partial charge in [-0.05, 0) is 36.8 Å². The molecule has 0 radical (unpaired) electrons.